The molecule has 2 heterocycles. The lowest BCUT2D eigenvalue weighted by Gasteiger charge is -2.34. The van der Waals surface area contributed by atoms with Crippen LogP contribution in [-0.2, 0) is 13.0 Å². The number of hydrogen-bond donors (Lipinski definition) is 1. The maximum absolute atomic E-state index is 6.36. The second-order valence-corrected chi connectivity index (χ2v) is 6.64. The zero-order valence-corrected chi connectivity index (χ0v) is 12.4. The average molecular weight is 270 g/mol. The summed E-state index contributed by atoms with van der Waals surface area (Å²) in [6.45, 7) is 7.52. The van der Waals surface area contributed by atoms with Gasteiger partial charge in [-0.15, -0.1) is 0 Å². The van der Waals surface area contributed by atoms with Gasteiger partial charge in [0.25, 0.3) is 0 Å². The molecule has 0 saturated carbocycles. The van der Waals surface area contributed by atoms with Crippen LogP contribution in [0.2, 0.25) is 0 Å². The quantitative estimate of drug-likeness (QED) is 0.912. The molecule has 2 aromatic heterocycles. The van der Waals surface area contributed by atoms with E-state index >= 15 is 0 Å². The predicted octanol–water partition coefficient (Wildman–Crippen LogP) is 2.61. The maximum Gasteiger partial charge on any atom is 0.0828 e. The van der Waals surface area contributed by atoms with Crippen molar-refractivity contribution in [3.63, 3.8) is 0 Å². The van der Waals surface area contributed by atoms with Gasteiger partial charge in [-0.1, -0.05) is 13.8 Å². The van der Waals surface area contributed by atoms with Gasteiger partial charge >= 0.3 is 0 Å². The molecule has 4 nitrogen and oxygen atoms in total. The first-order valence-electron chi connectivity index (χ1n) is 7.17. The Morgan fingerprint density at radius 1 is 1.45 bits per heavy atom. The lowest BCUT2D eigenvalue weighted by molar-refractivity contribution is 0.275. The Labute approximate surface area is 120 Å². The fourth-order valence-corrected chi connectivity index (χ4v) is 3.30. The highest BCUT2D eigenvalue weighted by Crippen LogP contribution is 2.40. The van der Waals surface area contributed by atoms with Crippen molar-refractivity contribution in [2.45, 2.75) is 46.2 Å². The molecule has 1 atom stereocenters. The van der Waals surface area contributed by atoms with Gasteiger partial charge in [0, 0.05) is 23.6 Å². The fraction of sp³-hybridized carbons (Fsp3) is 0.500. The molecule has 3 rings (SSSR count). The lowest BCUT2D eigenvalue weighted by atomic mass is 9.74. The Kier molecular flexibility index (Phi) is 3.13. The summed E-state index contributed by atoms with van der Waals surface area (Å²) in [5.74, 6) is 0. The molecule has 0 bridgehead atoms. The molecule has 1 unspecified atom stereocenters. The van der Waals surface area contributed by atoms with Crippen LogP contribution in [0.5, 0.6) is 0 Å². The number of fused-ring (bicyclic) bond motifs is 1. The fourth-order valence-electron chi connectivity index (χ4n) is 3.30. The average Bonchev–Trinajstić information content (AvgIpc) is 2.67. The van der Waals surface area contributed by atoms with Crippen LogP contribution in [0.4, 0.5) is 0 Å². The first-order valence-corrected chi connectivity index (χ1v) is 7.17. The minimum absolute atomic E-state index is 0.149. The van der Waals surface area contributed by atoms with E-state index < -0.39 is 0 Å². The second kappa shape index (κ2) is 4.70. The minimum atomic E-state index is 0.149. The molecule has 0 radical (unpaired) electrons. The normalized spacial score (nSPS) is 20.7. The van der Waals surface area contributed by atoms with Gasteiger partial charge < -0.3 is 10.3 Å². The van der Waals surface area contributed by atoms with Gasteiger partial charge in [-0.05, 0) is 48.9 Å². The Morgan fingerprint density at radius 2 is 2.25 bits per heavy atom. The van der Waals surface area contributed by atoms with Crippen LogP contribution in [0.1, 0.15) is 49.0 Å². The van der Waals surface area contributed by atoms with Crippen molar-refractivity contribution in [3.8, 4) is 0 Å². The first kappa shape index (κ1) is 13.3. The number of rotatable bonds is 2. The van der Waals surface area contributed by atoms with Crippen LogP contribution in [0.3, 0.4) is 0 Å². The van der Waals surface area contributed by atoms with E-state index in [0.717, 1.165) is 25.1 Å². The molecule has 2 N–H and O–H groups in total. The maximum atomic E-state index is 6.36. The van der Waals surface area contributed by atoms with Gasteiger partial charge in [-0.2, -0.15) is 10.2 Å². The molecule has 0 amide bonds. The summed E-state index contributed by atoms with van der Waals surface area (Å²) in [7, 11) is 0. The number of nitrogens with two attached hydrogens (primary N) is 1. The van der Waals surface area contributed by atoms with Crippen molar-refractivity contribution in [1.29, 1.82) is 0 Å². The van der Waals surface area contributed by atoms with Crippen LogP contribution in [0.15, 0.2) is 24.4 Å². The molecule has 1 aliphatic carbocycles. The summed E-state index contributed by atoms with van der Waals surface area (Å²) >= 11 is 0. The summed E-state index contributed by atoms with van der Waals surface area (Å²) in [6.07, 6.45) is 3.83. The van der Waals surface area contributed by atoms with Crippen molar-refractivity contribution in [2.75, 3.05) is 0 Å². The van der Waals surface area contributed by atoms with Crippen LogP contribution in [-0.4, -0.2) is 14.8 Å². The number of hydrogen-bond acceptors (Lipinski definition) is 3. The minimum Gasteiger partial charge on any atom is -0.343 e. The third kappa shape index (κ3) is 2.36. The molecule has 4 heteroatoms. The molecular weight excluding hydrogens is 248 g/mol. The van der Waals surface area contributed by atoms with E-state index in [4.69, 9.17) is 5.73 Å². The van der Waals surface area contributed by atoms with E-state index in [1.54, 1.807) is 6.20 Å². The Hall–Kier alpha value is -1.68. The van der Waals surface area contributed by atoms with Gasteiger partial charge in [0.2, 0.25) is 0 Å². The third-order valence-electron chi connectivity index (χ3n) is 4.21. The number of aromatic nitrogens is 3. The largest absolute Gasteiger partial charge is 0.343 e. The topological polar surface area (TPSA) is 56.7 Å². The van der Waals surface area contributed by atoms with Crippen molar-refractivity contribution in [1.82, 2.24) is 14.8 Å². The summed E-state index contributed by atoms with van der Waals surface area (Å²) in [5.41, 5.74) is 11.6. The smallest absolute Gasteiger partial charge is 0.0828 e. The third-order valence-corrected chi connectivity index (χ3v) is 4.21. The monoisotopic (exact) mass is 270 g/mol. The second-order valence-electron chi connectivity index (χ2n) is 6.64. The van der Waals surface area contributed by atoms with Gasteiger partial charge in [0.15, 0.2) is 0 Å². The molecule has 0 saturated heterocycles. The van der Waals surface area contributed by atoms with Crippen molar-refractivity contribution in [3.05, 3.63) is 47.0 Å². The Morgan fingerprint density at radius 3 is 2.95 bits per heavy atom. The molecule has 0 aliphatic heterocycles. The molecule has 0 fully saturated rings. The van der Waals surface area contributed by atoms with Crippen molar-refractivity contribution < 1.29 is 0 Å². The molecule has 2 aromatic rings. The molecule has 1 aliphatic rings. The lowest BCUT2D eigenvalue weighted by Crippen LogP contribution is -2.30. The highest BCUT2D eigenvalue weighted by molar-refractivity contribution is 5.34. The Bertz CT molecular complexity index is 613. The SMILES string of the molecule is Cc1cc2c(n1Cc1cccnn1)CC(C)(C)CC2N. The van der Waals surface area contributed by atoms with Gasteiger partial charge in [0.05, 0.1) is 12.2 Å². The zero-order valence-electron chi connectivity index (χ0n) is 12.4. The predicted molar refractivity (Wildman–Crippen MR) is 79.3 cm³/mol. The van der Waals surface area contributed by atoms with E-state index in [1.807, 2.05) is 12.1 Å². The standard InChI is InChI=1S/C16H22N4/c1-11-7-13-14(17)8-16(2,3)9-15(13)20(11)10-12-5-4-6-18-19-12/h4-7,14H,8-10,17H2,1-3H3. The van der Waals surface area contributed by atoms with Crippen LogP contribution in [0, 0.1) is 12.3 Å². The molecule has 20 heavy (non-hydrogen) atoms. The van der Waals surface area contributed by atoms with E-state index in [2.05, 4.69) is 41.6 Å². The van der Waals surface area contributed by atoms with E-state index in [9.17, 15) is 0 Å². The summed E-state index contributed by atoms with van der Waals surface area (Å²) in [4.78, 5) is 0. The van der Waals surface area contributed by atoms with Crippen molar-refractivity contribution in [2.24, 2.45) is 11.1 Å². The van der Waals surface area contributed by atoms with Crippen LogP contribution in [0.25, 0.3) is 0 Å². The summed E-state index contributed by atoms with van der Waals surface area (Å²) < 4.78 is 2.35. The van der Waals surface area contributed by atoms with E-state index in [0.29, 0.717) is 0 Å². The summed E-state index contributed by atoms with van der Waals surface area (Å²) in [5, 5.41) is 8.16. The number of aryl methyl sites for hydroxylation is 1. The summed E-state index contributed by atoms with van der Waals surface area (Å²) in [6, 6.07) is 6.34. The van der Waals surface area contributed by atoms with Gasteiger partial charge in [0.1, 0.15) is 0 Å². The van der Waals surface area contributed by atoms with Gasteiger partial charge in [-0.3, -0.25) is 0 Å². The molecule has 106 valence electrons. The Balaban J connectivity index is 2.01. The zero-order chi connectivity index (χ0) is 14.3. The molecule has 0 aromatic carbocycles. The van der Waals surface area contributed by atoms with E-state index in [1.165, 1.54) is 17.0 Å². The van der Waals surface area contributed by atoms with Gasteiger partial charge in [-0.25, -0.2) is 0 Å². The van der Waals surface area contributed by atoms with E-state index in [-0.39, 0.29) is 11.5 Å². The van der Waals surface area contributed by atoms with Crippen LogP contribution < -0.4 is 5.73 Å². The highest BCUT2D eigenvalue weighted by Gasteiger charge is 2.33. The van der Waals surface area contributed by atoms with Crippen LogP contribution >= 0.6 is 0 Å². The molecular formula is C16H22N4. The highest BCUT2D eigenvalue weighted by atomic mass is 15.1. The number of nitrogens with zero attached hydrogens (tertiary/aromatic N) is 3. The first-order chi connectivity index (χ1) is 9.46. The van der Waals surface area contributed by atoms with Crippen molar-refractivity contribution >= 4 is 0 Å². The molecule has 0 spiro atoms.